The number of pyridine rings is 1. The Bertz CT molecular complexity index is 1140. The summed E-state index contributed by atoms with van der Waals surface area (Å²) in [5.74, 6) is -0.459. The molecule has 1 atom stereocenters. The van der Waals surface area contributed by atoms with Crippen molar-refractivity contribution >= 4 is 39.4 Å². The minimum Gasteiger partial charge on any atom is -0.477 e. The van der Waals surface area contributed by atoms with Crippen molar-refractivity contribution in [2.75, 3.05) is 5.32 Å². The Morgan fingerprint density at radius 1 is 1.19 bits per heavy atom. The Morgan fingerprint density at radius 3 is 2.69 bits per heavy atom. The molecule has 0 bridgehead atoms. The van der Waals surface area contributed by atoms with Gasteiger partial charge in [0.15, 0.2) is 11.3 Å². The number of nitrogens with zero attached hydrogens (tertiary/aromatic N) is 6. The zero-order chi connectivity index (χ0) is 18.4. The number of fused-ring (bicyclic) bond motifs is 5. The second-order valence-electron chi connectivity index (χ2n) is 6.23. The van der Waals surface area contributed by atoms with Gasteiger partial charge >= 0.3 is 5.97 Å². The molecule has 0 aliphatic heterocycles. The van der Waals surface area contributed by atoms with Crippen LogP contribution in [0.1, 0.15) is 37.6 Å². The number of aromatic carboxylic acids is 1. The molecule has 26 heavy (non-hydrogen) atoms. The van der Waals surface area contributed by atoms with E-state index in [0.717, 1.165) is 28.4 Å². The van der Waals surface area contributed by atoms with Crippen molar-refractivity contribution in [2.45, 2.75) is 39.8 Å². The Hall–Kier alpha value is -3.23. The van der Waals surface area contributed by atoms with Gasteiger partial charge in [-0.1, -0.05) is 6.92 Å². The summed E-state index contributed by atoms with van der Waals surface area (Å²) in [5, 5.41) is 23.1. The fourth-order valence-corrected chi connectivity index (χ4v) is 3.02. The highest BCUT2D eigenvalue weighted by atomic mass is 16.4. The van der Waals surface area contributed by atoms with Crippen LogP contribution in [0.15, 0.2) is 18.6 Å². The molecule has 2 N–H and O–H groups in total. The average molecular weight is 353 g/mol. The maximum Gasteiger partial charge on any atom is 0.341 e. The van der Waals surface area contributed by atoms with Crippen LogP contribution in [0.2, 0.25) is 0 Å². The normalized spacial score (nSPS) is 12.9. The van der Waals surface area contributed by atoms with E-state index in [4.69, 9.17) is 0 Å². The van der Waals surface area contributed by atoms with Crippen LogP contribution in [0, 0.1) is 0 Å². The monoisotopic (exact) mass is 353 g/mol. The first-order valence-corrected chi connectivity index (χ1v) is 8.56. The number of carboxylic acid groups (broad SMARTS) is 1. The molecule has 134 valence electrons. The maximum atomic E-state index is 11.6. The number of aromatic nitrogens is 6. The average Bonchev–Trinajstić information content (AvgIpc) is 3.24. The first-order valence-electron chi connectivity index (χ1n) is 8.56. The molecule has 0 spiro atoms. The van der Waals surface area contributed by atoms with Crippen LogP contribution in [-0.2, 0) is 6.54 Å². The maximum absolute atomic E-state index is 11.6. The van der Waals surface area contributed by atoms with Gasteiger partial charge in [-0.2, -0.15) is 10.2 Å². The van der Waals surface area contributed by atoms with Crippen molar-refractivity contribution in [2.24, 2.45) is 0 Å². The number of hydrogen-bond acceptors (Lipinski definition) is 6. The standard InChI is InChI=1S/C17H19N7O2/c1-4-9(3)21-14-10-6-18-15-11(7-19-23(15)5-2)13(10)24-16(22-14)12(8-20-24)17(25)26/h6-9H,4-5H2,1-3H3,(H,21,22)(H,25,26). The molecule has 4 rings (SSSR count). The number of hydrogen-bond donors (Lipinski definition) is 2. The number of rotatable bonds is 5. The Balaban J connectivity index is 2.15. The quantitative estimate of drug-likeness (QED) is 0.567. The highest BCUT2D eigenvalue weighted by Gasteiger charge is 2.20. The number of nitrogens with one attached hydrogen (secondary N) is 1. The van der Waals surface area contributed by atoms with E-state index < -0.39 is 5.97 Å². The van der Waals surface area contributed by atoms with Crippen molar-refractivity contribution in [1.82, 2.24) is 29.4 Å². The molecule has 0 radical (unpaired) electrons. The Labute approximate surface area is 148 Å². The third-order valence-corrected chi connectivity index (χ3v) is 4.59. The van der Waals surface area contributed by atoms with Gasteiger partial charge in [0, 0.05) is 18.8 Å². The zero-order valence-corrected chi connectivity index (χ0v) is 14.8. The molecule has 0 fully saturated rings. The highest BCUT2D eigenvalue weighted by Crippen LogP contribution is 2.30. The Morgan fingerprint density at radius 2 is 2.00 bits per heavy atom. The molecule has 0 amide bonds. The van der Waals surface area contributed by atoms with Gasteiger partial charge in [0.2, 0.25) is 0 Å². The summed E-state index contributed by atoms with van der Waals surface area (Å²) in [6, 6.07) is 0.179. The van der Waals surface area contributed by atoms with Gasteiger partial charge in [-0.05, 0) is 20.3 Å². The van der Waals surface area contributed by atoms with E-state index in [2.05, 4.69) is 32.4 Å². The summed E-state index contributed by atoms with van der Waals surface area (Å²) < 4.78 is 3.36. The van der Waals surface area contributed by atoms with Crippen LogP contribution in [0.5, 0.6) is 0 Å². The van der Waals surface area contributed by atoms with Gasteiger partial charge in [0.1, 0.15) is 11.4 Å². The summed E-state index contributed by atoms with van der Waals surface area (Å²) >= 11 is 0. The predicted molar refractivity (Wildman–Crippen MR) is 97.6 cm³/mol. The lowest BCUT2D eigenvalue weighted by Gasteiger charge is -2.15. The smallest absolute Gasteiger partial charge is 0.341 e. The lowest BCUT2D eigenvalue weighted by atomic mass is 10.2. The number of carboxylic acids is 1. The fourth-order valence-electron chi connectivity index (χ4n) is 3.02. The number of aryl methyl sites for hydroxylation is 1. The lowest BCUT2D eigenvalue weighted by Crippen LogP contribution is -2.16. The van der Waals surface area contributed by atoms with Crippen LogP contribution >= 0.6 is 0 Å². The summed E-state index contributed by atoms with van der Waals surface area (Å²) in [7, 11) is 0. The third kappa shape index (κ3) is 2.27. The first-order chi connectivity index (χ1) is 12.5. The first kappa shape index (κ1) is 16.2. The van der Waals surface area contributed by atoms with E-state index in [1.165, 1.54) is 6.20 Å². The van der Waals surface area contributed by atoms with E-state index in [1.807, 2.05) is 13.8 Å². The molecule has 4 aromatic heterocycles. The molecule has 4 heterocycles. The summed E-state index contributed by atoms with van der Waals surface area (Å²) in [4.78, 5) is 20.7. The molecule has 0 aromatic carbocycles. The highest BCUT2D eigenvalue weighted by molar-refractivity contribution is 6.08. The van der Waals surface area contributed by atoms with Crippen molar-refractivity contribution in [3.63, 3.8) is 0 Å². The molecule has 4 aromatic rings. The van der Waals surface area contributed by atoms with Gasteiger partial charge < -0.3 is 10.4 Å². The van der Waals surface area contributed by atoms with E-state index >= 15 is 0 Å². The summed E-state index contributed by atoms with van der Waals surface area (Å²) in [6.45, 7) is 6.80. The van der Waals surface area contributed by atoms with Crippen LogP contribution < -0.4 is 5.32 Å². The summed E-state index contributed by atoms with van der Waals surface area (Å²) in [5.41, 5.74) is 1.84. The molecule has 0 saturated heterocycles. The molecule has 9 heteroatoms. The van der Waals surface area contributed by atoms with Crippen molar-refractivity contribution in [3.05, 3.63) is 24.2 Å². The predicted octanol–water partition coefficient (Wildman–Crippen LogP) is 2.56. The second-order valence-corrected chi connectivity index (χ2v) is 6.23. The number of anilines is 1. The fraction of sp³-hybridized carbons (Fsp3) is 0.353. The van der Waals surface area contributed by atoms with E-state index in [-0.39, 0.29) is 11.6 Å². The van der Waals surface area contributed by atoms with Crippen LogP contribution in [0.4, 0.5) is 5.82 Å². The van der Waals surface area contributed by atoms with Crippen molar-refractivity contribution in [3.8, 4) is 0 Å². The van der Waals surface area contributed by atoms with Gasteiger partial charge in [-0.25, -0.2) is 24.0 Å². The van der Waals surface area contributed by atoms with Crippen LogP contribution in [-0.4, -0.2) is 46.5 Å². The second kappa shape index (κ2) is 5.94. The number of carbonyl (C=O) groups is 1. The van der Waals surface area contributed by atoms with Crippen molar-refractivity contribution in [1.29, 1.82) is 0 Å². The minimum absolute atomic E-state index is 0.0620. The van der Waals surface area contributed by atoms with Gasteiger partial charge in [0.05, 0.1) is 28.7 Å². The van der Waals surface area contributed by atoms with Gasteiger partial charge in [-0.3, -0.25) is 0 Å². The topological polar surface area (TPSA) is 110 Å². The summed E-state index contributed by atoms with van der Waals surface area (Å²) in [6.07, 6.45) is 5.71. The molecular formula is C17H19N7O2. The lowest BCUT2D eigenvalue weighted by molar-refractivity contribution is 0.0699. The molecule has 9 nitrogen and oxygen atoms in total. The molecular weight excluding hydrogens is 334 g/mol. The van der Waals surface area contributed by atoms with Crippen LogP contribution in [0.25, 0.3) is 27.6 Å². The largest absolute Gasteiger partial charge is 0.477 e. The molecule has 0 saturated carbocycles. The Kier molecular flexibility index (Phi) is 3.71. The molecule has 0 aliphatic carbocycles. The van der Waals surface area contributed by atoms with E-state index in [9.17, 15) is 9.90 Å². The minimum atomic E-state index is -1.06. The molecule has 1 unspecified atom stereocenters. The van der Waals surface area contributed by atoms with E-state index in [1.54, 1.807) is 21.6 Å². The molecule has 0 aliphatic rings. The van der Waals surface area contributed by atoms with Crippen LogP contribution in [0.3, 0.4) is 0 Å². The third-order valence-electron chi connectivity index (χ3n) is 4.59. The van der Waals surface area contributed by atoms with Gasteiger partial charge in [0.25, 0.3) is 0 Å². The van der Waals surface area contributed by atoms with E-state index in [0.29, 0.717) is 18.0 Å². The van der Waals surface area contributed by atoms with Gasteiger partial charge in [-0.15, -0.1) is 0 Å². The van der Waals surface area contributed by atoms with Crippen molar-refractivity contribution < 1.29 is 9.90 Å². The zero-order valence-electron chi connectivity index (χ0n) is 14.8. The SMILES string of the molecule is CCC(C)Nc1nc2c(C(=O)O)cnn2c2c1cnc1c2cnn1CC.